The Labute approximate surface area is 176 Å². The molecule has 0 aliphatic rings. The van der Waals surface area contributed by atoms with E-state index in [9.17, 15) is 14.0 Å². The van der Waals surface area contributed by atoms with E-state index in [0.29, 0.717) is 18.7 Å². The van der Waals surface area contributed by atoms with Gasteiger partial charge in [0.05, 0.1) is 5.75 Å². The van der Waals surface area contributed by atoms with E-state index in [4.69, 9.17) is 0 Å². The van der Waals surface area contributed by atoms with Crippen LogP contribution in [0.15, 0.2) is 54.6 Å². The number of amides is 2. The molecule has 0 radical (unpaired) electrons. The molecule has 0 aromatic heterocycles. The molecule has 4 nitrogen and oxygen atoms in total. The average Bonchev–Trinajstić information content (AvgIpc) is 2.69. The molecule has 0 saturated heterocycles. The second kappa shape index (κ2) is 11.6. The highest BCUT2D eigenvalue weighted by Gasteiger charge is 2.28. The number of carbonyl (C=O) groups is 2. The number of hydrogen-bond acceptors (Lipinski definition) is 3. The smallest absolute Gasteiger partial charge is 0.243 e. The van der Waals surface area contributed by atoms with Crippen LogP contribution in [-0.4, -0.2) is 34.6 Å². The van der Waals surface area contributed by atoms with Crippen molar-refractivity contribution in [3.63, 3.8) is 0 Å². The summed E-state index contributed by atoms with van der Waals surface area (Å²) >= 11 is 1.47. The first-order valence-corrected chi connectivity index (χ1v) is 11.0. The number of thioether (sulfide) groups is 1. The van der Waals surface area contributed by atoms with Crippen molar-refractivity contribution in [3.8, 4) is 0 Å². The van der Waals surface area contributed by atoms with E-state index in [0.717, 1.165) is 11.1 Å². The topological polar surface area (TPSA) is 49.4 Å². The molecule has 1 N–H and O–H groups in total. The van der Waals surface area contributed by atoms with Crippen molar-refractivity contribution in [2.24, 2.45) is 0 Å². The lowest BCUT2D eigenvalue weighted by atomic mass is 10.1. The van der Waals surface area contributed by atoms with Crippen LogP contribution in [0.3, 0.4) is 0 Å². The fourth-order valence-corrected chi connectivity index (χ4v) is 3.87. The van der Waals surface area contributed by atoms with Gasteiger partial charge in [-0.2, -0.15) is 0 Å². The maximum absolute atomic E-state index is 13.0. The maximum Gasteiger partial charge on any atom is 0.243 e. The summed E-state index contributed by atoms with van der Waals surface area (Å²) < 4.78 is 13.0. The Balaban J connectivity index is 2.08. The summed E-state index contributed by atoms with van der Waals surface area (Å²) in [6.07, 6.45) is 0.541. The molecule has 6 heteroatoms. The molecule has 1 atom stereocenters. The number of nitrogens with zero attached hydrogens (tertiary/aromatic N) is 1. The molecule has 0 aliphatic carbocycles. The molecule has 29 heavy (non-hydrogen) atoms. The zero-order chi connectivity index (χ0) is 21.2. The Morgan fingerprint density at radius 2 is 1.69 bits per heavy atom. The predicted octanol–water partition coefficient (Wildman–Crippen LogP) is 4.39. The molecule has 1 unspecified atom stereocenters. The summed E-state index contributed by atoms with van der Waals surface area (Å²) in [7, 11) is 0. The Morgan fingerprint density at radius 1 is 1.03 bits per heavy atom. The normalized spacial score (nSPS) is 11.9. The van der Waals surface area contributed by atoms with Crippen LogP contribution < -0.4 is 5.32 Å². The van der Waals surface area contributed by atoms with E-state index < -0.39 is 6.04 Å². The third-order valence-electron chi connectivity index (χ3n) is 4.42. The van der Waals surface area contributed by atoms with E-state index in [-0.39, 0.29) is 29.4 Å². The minimum absolute atomic E-state index is 0.0121. The SMILES string of the molecule is CCC(C(=O)NC(C)C)N(Cc1ccccc1)C(=O)CSCc1ccc(F)cc1. The van der Waals surface area contributed by atoms with Crippen molar-refractivity contribution < 1.29 is 14.0 Å². The van der Waals surface area contributed by atoms with Crippen LogP contribution in [0.4, 0.5) is 4.39 Å². The molecule has 0 heterocycles. The third kappa shape index (κ3) is 7.54. The lowest BCUT2D eigenvalue weighted by molar-refractivity contribution is -0.139. The van der Waals surface area contributed by atoms with Gasteiger partial charge in [-0.25, -0.2) is 4.39 Å². The van der Waals surface area contributed by atoms with Crippen LogP contribution in [0.2, 0.25) is 0 Å². The molecule has 2 amide bonds. The van der Waals surface area contributed by atoms with Gasteiger partial charge in [-0.05, 0) is 43.5 Å². The largest absolute Gasteiger partial charge is 0.352 e. The molecule has 0 fully saturated rings. The van der Waals surface area contributed by atoms with Gasteiger partial charge in [0.25, 0.3) is 0 Å². The summed E-state index contributed by atoms with van der Waals surface area (Å²) in [4.78, 5) is 27.4. The molecule has 2 rings (SSSR count). The van der Waals surface area contributed by atoms with Crippen LogP contribution in [0.1, 0.15) is 38.3 Å². The van der Waals surface area contributed by atoms with Crippen LogP contribution in [0.25, 0.3) is 0 Å². The van der Waals surface area contributed by atoms with Gasteiger partial charge >= 0.3 is 0 Å². The highest BCUT2D eigenvalue weighted by Crippen LogP contribution is 2.17. The lowest BCUT2D eigenvalue weighted by Gasteiger charge is -2.31. The van der Waals surface area contributed by atoms with Crippen molar-refractivity contribution in [1.82, 2.24) is 10.2 Å². The van der Waals surface area contributed by atoms with Gasteiger partial charge in [0.2, 0.25) is 11.8 Å². The number of rotatable bonds is 10. The third-order valence-corrected chi connectivity index (χ3v) is 5.41. The number of hydrogen-bond donors (Lipinski definition) is 1. The van der Waals surface area contributed by atoms with Crippen LogP contribution in [-0.2, 0) is 21.9 Å². The molecule has 0 bridgehead atoms. The molecule has 2 aromatic carbocycles. The first kappa shape index (κ1) is 22.9. The number of carbonyl (C=O) groups excluding carboxylic acids is 2. The summed E-state index contributed by atoms with van der Waals surface area (Å²) in [6, 6.07) is 15.5. The quantitative estimate of drug-likeness (QED) is 0.625. The Hall–Kier alpha value is -2.34. The molecule has 0 spiro atoms. The van der Waals surface area contributed by atoms with Crippen LogP contribution in [0, 0.1) is 5.82 Å². The summed E-state index contributed by atoms with van der Waals surface area (Å²) in [5.41, 5.74) is 1.95. The zero-order valence-corrected chi connectivity index (χ0v) is 18.0. The minimum Gasteiger partial charge on any atom is -0.352 e. The molecule has 0 saturated carbocycles. The first-order valence-electron chi connectivity index (χ1n) is 9.86. The van der Waals surface area contributed by atoms with Crippen molar-refractivity contribution in [2.75, 3.05) is 5.75 Å². The second-order valence-electron chi connectivity index (χ2n) is 7.21. The fourth-order valence-electron chi connectivity index (χ4n) is 3.00. The Kier molecular flexibility index (Phi) is 9.19. The molecule has 2 aromatic rings. The second-order valence-corrected chi connectivity index (χ2v) is 8.20. The average molecular weight is 417 g/mol. The molecule has 156 valence electrons. The van der Waals surface area contributed by atoms with Gasteiger partial charge in [-0.1, -0.05) is 49.4 Å². The first-order chi connectivity index (χ1) is 13.9. The van der Waals surface area contributed by atoms with Crippen LogP contribution in [0.5, 0.6) is 0 Å². The van der Waals surface area contributed by atoms with Gasteiger partial charge in [-0.15, -0.1) is 11.8 Å². The van der Waals surface area contributed by atoms with Crippen molar-refractivity contribution >= 4 is 23.6 Å². The van der Waals surface area contributed by atoms with E-state index in [1.165, 1.54) is 23.9 Å². The fraction of sp³-hybridized carbons (Fsp3) is 0.391. The molecule has 0 aliphatic heterocycles. The van der Waals surface area contributed by atoms with Gasteiger partial charge in [0, 0.05) is 18.3 Å². The number of nitrogens with one attached hydrogen (secondary N) is 1. The van der Waals surface area contributed by atoms with Crippen molar-refractivity contribution in [3.05, 3.63) is 71.5 Å². The zero-order valence-electron chi connectivity index (χ0n) is 17.2. The summed E-state index contributed by atoms with van der Waals surface area (Å²) in [6.45, 7) is 6.13. The van der Waals surface area contributed by atoms with E-state index in [1.807, 2.05) is 51.1 Å². The Morgan fingerprint density at radius 3 is 2.28 bits per heavy atom. The van der Waals surface area contributed by atoms with Crippen LogP contribution >= 0.6 is 11.8 Å². The van der Waals surface area contributed by atoms with Gasteiger partial charge in [0.1, 0.15) is 11.9 Å². The predicted molar refractivity (Wildman–Crippen MR) is 117 cm³/mol. The summed E-state index contributed by atoms with van der Waals surface area (Å²) in [5.74, 6) is 0.392. The monoisotopic (exact) mass is 416 g/mol. The van der Waals surface area contributed by atoms with Gasteiger partial charge in [-0.3, -0.25) is 9.59 Å². The van der Waals surface area contributed by atoms with E-state index in [1.54, 1.807) is 17.0 Å². The Bertz CT molecular complexity index is 781. The van der Waals surface area contributed by atoms with Gasteiger partial charge in [0.15, 0.2) is 0 Å². The standard InChI is InChI=1S/C23H29FN2O2S/c1-4-21(23(28)25-17(2)3)26(14-18-8-6-5-7-9-18)22(27)16-29-15-19-10-12-20(24)13-11-19/h5-13,17,21H,4,14-16H2,1-3H3,(H,25,28). The highest BCUT2D eigenvalue weighted by atomic mass is 32.2. The van der Waals surface area contributed by atoms with Gasteiger partial charge < -0.3 is 10.2 Å². The molecular weight excluding hydrogens is 387 g/mol. The molecular formula is C23H29FN2O2S. The van der Waals surface area contributed by atoms with Crippen molar-refractivity contribution in [1.29, 1.82) is 0 Å². The summed E-state index contributed by atoms with van der Waals surface area (Å²) in [5, 5.41) is 2.93. The van der Waals surface area contributed by atoms with E-state index >= 15 is 0 Å². The minimum atomic E-state index is -0.517. The highest BCUT2D eigenvalue weighted by molar-refractivity contribution is 7.99. The van der Waals surface area contributed by atoms with E-state index in [2.05, 4.69) is 5.32 Å². The van der Waals surface area contributed by atoms with Crippen molar-refractivity contribution in [2.45, 2.75) is 51.6 Å². The maximum atomic E-state index is 13.0. The number of halogens is 1. The number of benzene rings is 2. The lowest BCUT2D eigenvalue weighted by Crippen LogP contribution is -2.50.